The van der Waals surface area contributed by atoms with E-state index in [9.17, 15) is 4.79 Å². The maximum absolute atomic E-state index is 11.4. The number of amides is 1. The minimum absolute atomic E-state index is 0.399. The summed E-state index contributed by atoms with van der Waals surface area (Å²) in [7, 11) is 0. The number of nitrogens with one attached hydrogen (secondary N) is 1. The number of unbranched alkanes of at least 4 members (excludes halogenated alkanes) is 2. The van der Waals surface area contributed by atoms with Crippen LogP contribution < -0.4 is 5.32 Å². The van der Waals surface area contributed by atoms with Gasteiger partial charge in [-0.3, -0.25) is 0 Å². The van der Waals surface area contributed by atoms with Gasteiger partial charge in [-0.15, -0.1) is 0 Å². The first-order chi connectivity index (χ1) is 15.0. The zero-order chi connectivity index (χ0) is 23.0. The lowest BCUT2D eigenvalue weighted by Crippen LogP contribution is -2.34. The fraction of sp³-hybridized carbons (Fsp3) is 0.955. The summed E-state index contributed by atoms with van der Waals surface area (Å²) in [5.41, 5.74) is -0.496. The van der Waals surface area contributed by atoms with E-state index < -0.39 is 11.7 Å². The van der Waals surface area contributed by atoms with Crippen LogP contribution in [0.3, 0.4) is 0 Å². The normalized spacial score (nSPS) is 11.6. The summed E-state index contributed by atoms with van der Waals surface area (Å²) in [6, 6.07) is 0. The van der Waals surface area contributed by atoms with Crippen molar-refractivity contribution in [3.63, 3.8) is 0 Å². The van der Waals surface area contributed by atoms with Crippen LogP contribution >= 0.6 is 0 Å². The van der Waals surface area contributed by atoms with Crippen molar-refractivity contribution in [3.8, 4) is 0 Å². The van der Waals surface area contributed by atoms with E-state index in [1.165, 1.54) is 12.8 Å². The molecular formula is C22H45NO8. The van der Waals surface area contributed by atoms with Crippen molar-refractivity contribution in [1.29, 1.82) is 0 Å². The first kappa shape index (κ1) is 30.0. The van der Waals surface area contributed by atoms with E-state index in [-0.39, 0.29) is 0 Å². The van der Waals surface area contributed by atoms with Crippen LogP contribution in [0.5, 0.6) is 0 Å². The average molecular weight is 452 g/mol. The lowest BCUT2D eigenvalue weighted by molar-refractivity contribution is -0.0167. The maximum atomic E-state index is 11.4. The smallest absolute Gasteiger partial charge is 0.407 e. The summed E-state index contributed by atoms with van der Waals surface area (Å²) < 4.78 is 37.6. The Morgan fingerprint density at radius 1 is 0.613 bits per heavy atom. The molecule has 1 N–H and O–H groups in total. The predicted octanol–water partition coefficient (Wildman–Crippen LogP) is 2.80. The molecule has 31 heavy (non-hydrogen) atoms. The highest BCUT2D eigenvalue weighted by Crippen LogP contribution is 2.06. The van der Waals surface area contributed by atoms with Crippen LogP contribution in [0.25, 0.3) is 0 Å². The third-order valence-corrected chi connectivity index (χ3v) is 3.67. The molecule has 0 bridgehead atoms. The summed E-state index contributed by atoms with van der Waals surface area (Å²) in [5.74, 6) is 0. The average Bonchev–Trinajstić information content (AvgIpc) is 2.70. The van der Waals surface area contributed by atoms with Crippen LogP contribution in [0.4, 0.5) is 4.79 Å². The quantitative estimate of drug-likeness (QED) is 0.251. The summed E-state index contributed by atoms with van der Waals surface area (Å²) >= 11 is 0. The van der Waals surface area contributed by atoms with E-state index in [0.717, 1.165) is 13.0 Å². The molecule has 9 nitrogen and oxygen atoms in total. The van der Waals surface area contributed by atoms with Crippen LogP contribution in [-0.4, -0.2) is 97.5 Å². The lowest BCUT2D eigenvalue weighted by Gasteiger charge is -2.19. The second kappa shape index (κ2) is 22.2. The van der Waals surface area contributed by atoms with E-state index in [1.807, 2.05) is 20.8 Å². The van der Waals surface area contributed by atoms with E-state index in [0.29, 0.717) is 79.2 Å². The molecule has 0 heterocycles. The van der Waals surface area contributed by atoms with Gasteiger partial charge in [-0.2, -0.15) is 0 Å². The molecule has 0 atom stereocenters. The van der Waals surface area contributed by atoms with Crippen molar-refractivity contribution in [2.45, 2.75) is 52.6 Å². The molecule has 9 heteroatoms. The topological polar surface area (TPSA) is 93.7 Å². The predicted molar refractivity (Wildman–Crippen MR) is 119 cm³/mol. The Morgan fingerprint density at radius 2 is 1.00 bits per heavy atom. The monoisotopic (exact) mass is 451 g/mol. The third-order valence-electron chi connectivity index (χ3n) is 3.67. The fourth-order valence-electron chi connectivity index (χ4n) is 2.20. The largest absolute Gasteiger partial charge is 0.444 e. The SMILES string of the molecule is CCCCCOCCOCCOCCOCCOCCOCCNC(=O)OC(C)(C)C. The molecule has 1 amide bonds. The second-order valence-electron chi connectivity index (χ2n) is 7.81. The molecule has 0 radical (unpaired) electrons. The zero-order valence-electron chi connectivity index (χ0n) is 20.1. The van der Waals surface area contributed by atoms with Gasteiger partial charge in [0, 0.05) is 13.2 Å². The number of alkyl carbamates (subject to hydrolysis) is 1. The third kappa shape index (κ3) is 27.0. The second-order valence-corrected chi connectivity index (χ2v) is 7.81. The Morgan fingerprint density at radius 3 is 1.39 bits per heavy atom. The minimum Gasteiger partial charge on any atom is -0.444 e. The highest BCUT2D eigenvalue weighted by molar-refractivity contribution is 5.67. The molecule has 0 aromatic heterocycles. The van der Waals surface area contributed by atoms with Gasteiger partial charge in [0.05, 0.1) is 72.7 Å². The molecule has 0 aromatic carbocycles. The number of carbonyl (C=O) groups excluding carboxylic acids is 1. The van der Waals surface area contributed by atoms with Crippen LogP contribution in [0, 0.1) is 0 Å². The van der Waals surface area contributed by atoms with Gasteiger partial charge in [0.15, 0.2) is 0 Å². The molecule has 0 rings (SSSR count). The summed E-state index contributed by atoms with van der Waals surface area (Å²) in [5, 5.41) is 2.63. The highest BCUT2D eigenvalue weighted by atomic mass is 16.6. The number of ether oxygens (including phenoxy) is 7. The van der Waals surface area contributed by atoms with Crippen molar-refractivity contribution >= 4 is 6.09 Å². The molecule has 0 saturated heterocycles. The van der Waals surface area contributed by atoms with Crippen LogP contribution in [0.15, 0.2) is 0 Å². The molecule has 0 aliphatic carbocycles. The molecule has 0 aliphatic rings. The van der Waals surface area contributed by atoms with E-state index in [4.69, 9.17) is 33.2 Å². The molecule has 0 spiro atoms. The first-order valence-corrected chi connectivity index (χ1v) is 11.4. The van der Waals surface area contributed by atoms with Crippen molar-refractivity contribution in [3.05, 3.63) is 0 Å². The van der Waals surface area contributed by atoms with Gasteiger partial charge >= 0.3 is 6.09 Å². The van der Waals surface area contributed by atoms with Crippen molar-refractivity contribution in [2.24, 2.45) is 0 Å². The van der Waals surface area contributed by atoms with Gasteiger partial charge < -0.3 is 38.5 Å². The van der Waals surface area contributed by atoms with Crippen molar-refractivity contribution in [1.82, 2.24) is 5.32 Å². The maximum Gasteiger partial charge on any atom is 0.407 e. The molecule has 0 saturated carbocycles. The van der Waals surface area contributed by atoms with E-state index in [1.54, 1.807) is 0 Å². The van der Waals surface area contributed by atoms with E-state index in [2.05, 4.69) is 12.2 Å². The number of carbonyl (C=O) groups is 1. The van der Waals surface area contributed by atoms with Crippen LogP contribution in [0.1, 0.15) is 47.0 Å². The minimum atomic E-state index is -0.496. The number of rotatable bonds is 22. The Balaban J connectivity index is 3.10. The van der Waals surface area contributed by atoms with Crippen LogP contribution in [0.2, 0.25) is 0 Å². The fourth-order valence-corrected chi connectivity index (χ4v) is 2.20. The van der Waals surface area contributed by atoms with Gasteiger partial charge in [0.1, 0.15) is 5.60 Å². The Bertz CT molecular complexity index is 390. The van der Waals surface area contributed by atoms with Crippen molar-refractivity contribution < 1.29 is 38.0 Å². The molecule has 0 aliphatic heterocycles. The standard InChI is InChI=1S/C22H45NO8/c1-5-6-7-9-25-11-13-27-15-17-29-19-20-30-18-16-28-14-12-26-10-8-23-21(24)31-22(2,3)4/h5-20H2,1-4H3,(H,23,24). The molecule has 0 fully saturated rings. The summed E-state index contributed by atoms with van der Waals surface area (Å²) in [6.45, 7) is 14.6. The van der Waals surface area contributed by atoms with Gasteiger partial charge in [-0.25, -0.2) is 4.79 Å². The van der Waals surface area contributed by atoms with E-state index >= 15 is 0 Å². The summed E-state index contributed by atoms with van der Waals surface area (Å²) in [4.78, 5) is 11.4. The molecule has 0 unspecified atom stereocenters. The summed E-state index contributed by atoms with van der Waals surface area (Å²) in [6.07, 6.45) is 3.10. The Hall–Kier alpha value is -0.970. The van der Waals surface area contributed by atoms with Gasteiger partial charge in [-0.05, 0) is 27.2 Å². The van der Waals surface area contributed by atoms with Gasteiger partial charge in [0.2, 0.25) is 0 Å². The Kier molecular flexibility index (Phi) is 21.5. The number of hydrogen-bond donors (Lipinski definition) is 1. The highest BCUT2D eigenvalue weighted by Gasteiger charge is 2.15. The first-order valence-electron chi connectivity index (χ1n) is 11.4. The molecule has 0 aromatic rings. The molecule has 186 valence electrons. The van der Waals surface area contributed by atoms with Crippen molar-refractivity contribution in [2.75, 3.05) is 85.8 Å². The Labute approximate surface area is 188 Å². The van der Waals surface area contributed by atoms with Gasteiger partial charge in [0.25, 0.3) is 0 Å². The zero-order valence-corrected chi connectivity index (χ0v) is 20.1. The molecular weight excluding hydrogens is 406 g/mol. The lowest BCUT2D eigenvalue weighted by atomic mass is 10.2. The van der Waals surface area contributed by atoms with Crippen LogP contribution in [-0.2, 0) is 33.2 Å². The number of hydrogen-bond acceptors (Lipinski definition) is 8. The van der Waals surface area contributed by atoms with Gasteiger partial charge in [-0.1, -0.05) is 19.8 Å².